The second-order valence-corrected chi connectivity index (χ2v) is 7.48. The molecule has 0 aliphatic carbocycles. The van der Waals surface area contributed by atoms with Crippen LogP contribution in [-0.2, 0) is 5.41 Å². The van der Waals surface area contributed by atoms with E-state index in [0.717, 1.165) is 22.5 Å². The largest absolute Gasteiger partial charge is 0.334 e. The number of aromatic nitrogens is 2. The summed E-state index contributed by atoms with van der Waals surface area (Å²) in [6, 6.07) is 9.57. The zero-order valence-electron chi connectivity index (χ0n) is 14.1. The van der Waals surface area contributed by atoms with Crippen molar-refractivity contribution in [2.75, 3.05) is 0 Å². The minimum Gasteiger partial charge on any atom is -0.334 e. The summed E-state index contributed by atoms with van der Waals surface area (Å²) in [5, 5.41) is 16.5. The Morgan fingerprint density at radius 1 is 1.20 bits per heavy atom. The van der Waals surface area contributed by atoms with Gasteiger partial charge in [0.15, 0.2) is 0 Å². The van der Waals surface area contributed by atoms with E-state index in [0.29, 0.717) is 11.7 Å². The van der Waals surface area contributed by atoms with Gasteiger partial charge in [0.2, 0.25) is 5.82 Å². The maximum atomic E-state index is 10.7. The lowest BCUT2D eigenvalue weighted by Crippen LogP contribution is -2.10. The molecule has 0 unspecified atom stereocenters. The zero-order valence-corrected chi connectivity index (χ0v) is 14.9. The Kier molecular flexibility index (Phi) is 4.50. The van der Waals surface area contributed by atoms with Crippen LogP contribution in [0.15, 0.2) is 40.2 Å². The summed E-state index contributed by atoms with van der Waals surface area (Å²) < 4.78 is 5.21. The van der Waals surface area contributed by atoms with Crippen LogP contribution in [0.2, 0.25) is 0 Å². The predicted molar refractivity (Wildman–Crippen MR) is 98.3 cm³/mol. The molecule has 3 rings (SSSR count). The second kappa shape index (κ2) is 6.60. The third-order valence-electron chi connectivity index (χ3n) is 3.66. The molecule has 7 heteroatoms. The van der Waals surface area contributed by atoms with Crippen molar-refractivity contribution in [3.05, 3.63) is 62.8 Å². The summed E-state index contributed by atoms with van der Waals surface area (Å²) in [7, 11) is 0. The summed E-state index contributed by atoms with van der Waals surface area (Å²) >= 11 is 1.08. The molecule has 25 heavy (non-hydrogen) atoms. The zero-order chi connectivity index (χ0) is 18.0. The van der Waals surface area contributed by atoms with Crippen LogP contribution in [0.25, 0.3) is 23.5 Å². The number of nitrogens with zero attached hydrogens (tertiary/aromatic N) is 3. The van der Waals surface area contributed by atoms with Crippen LogP contribution >= 0.6 is 11.3 Å². The van der Waals surface area contributed by atoms with E-state index >= 15 is 0 Å². The van der Waals surface area contributed by atoms with Crippen molar-refractivity contribution < 1.29 is 9.45 Å². The average Bonchev–Trinajstić information content (AvgIpc) is 3.22. The molecular formula is C18H17N3O3S. The number of nitro groups is 1. The van der Waals surface area contributed by atoms with Gasteiger partial charge in [0.05, 0.1) is 4.92 Å². The highest BCUT2D eigenvalue weighted by Crippen LogP contribution is 2.26. The van der Waals surface area contributed by atoms with Crippen LogP contribution in [0.4, 0.5) is 5.00 Å². The van der Waals surface area contributed by atoms with E-state index in [1.165, 1.54) is 11.6 Å². The lowest BCUT2D eigenvalue weighted by Gasteiger charge is -2.18. The molecule has 0 bridgehead atoms. The fraction of sp³-hybridized carbons (Fsp3) is 0.222. The first-order valence-corrected chi connectivity index (χ1v) is 8.56. The van der Waals surface area contributed by atoms with Crippen molar-refractivity contribution in [1.29, 1.82) is 0 Å². The fourth-order valence-corrected chi connectivity index (χ4v) is 2.92. The van der Waals surface area contributed by atoms with Crippen LogP contribution in [0, 0.1) is 10.1 Å². The summed E-state index contributed by atoms with van der Waals surface area (Å²) in [5.74, 6) is 0.861. The highest BCUT2D eigenvalue weighted by Gasteiger charge is 2.14. The Bertz CT molecular complexity index is 918. The van der Waals surface area contributed by atoms with Crippen molar-refractivity contribution in [2.45, 2.75) is 26.2 Å². The van der Waals surface area contributed by atoms with Gasteiger partial charge in [-0.05, 0) is 22.6 Å². The molecule has 3 aromatic rings. The standard InChI is InChI=1S/C18H17N3O3S/c1-18(2,3)14-7-5-13(6-8-14)17-19-15(24-20-17)9-4-12-10-16(21(22)23)25-11-12/h4-11H,1-3H3. The molecule has 0 N–H and O–H groups in total. The molecule has 0 saturated heterocycles. The van der Waals surface area contributed by atoms with E-state index in [9.17, 15) is 10.1 Å². The molecule has 0 fully saturated rings. The third-order valence-corrected chi connectivity index (χ3v) is 4.55. The van der Waals surface area contributed by atoms with Gasteiger partial charge < -0.3 is 4.52 Å². The Hall–Kier alpha value is -2.80. The molecule has 2 aromatic heterocycles. The van der Waals surface area contributed by atoms with Gasteiger partial charge in [0, 0.05) is 23.1 Å². The average molecular weight is 355 g/mol. The Morgan fingerprint density at radius 3 is 2.52 bits per heavy atom. The topological polar surface area (TPSA) is 82.1 Å². The fourth-order valence-electron chi connectivity index (χ4n) is 2.23. The van der Waals surface area contributed by atoms with Gasteiger partial charge in [-0.25, -0.2) is 0 Å². The first-order chi connectivity index (χ1) is 11.8. The van der Waals surface area contributed by atoms with Gasteiger partial charge >= 0.3 is 5.00 Å². The van der Waals surface area contributed by atoms with E-state index in [1.54, 1.807) is 17.5 Å². The van der Waals surface area contributed by atoms with Crippen molar-refractivity contribution >= 4 is 28.5 Å². The molecule has 6 nitrogen and oxygen atoms in total. The monoisotopic (exact) mass is 355 g/mol. The van der Waals surface area contributed by atoms with E-state index in [1.807, 2.05) is 12.1 Å². The normalized spacial score (nSPS) is 12.0. The molecule has 0 spiro atoms. The molecule has 1 aromatic carbocycles. The molecule has 0 amide bonds. The van der Waals surface area contributed by atoms with Crippen molar-refractivity contribution in [3.63, 3.8) is 0 Å². The molecule has 0 aliphatic heterocycles. The van der Waals surface area contributed by atoms with Crippen LogP contribution in [0.3, 0.4) is 0 Å². The molecule has 2 heterocycles. The van der Waals surface area contributed by atoms with Gasteiger partial charge in [-0.2, -0.15) is 4.98 Å². The SMILES string of the molecule is CC(C)(C)c1ccc(-c2noc(C=Cc3csc([N+](=O)[O-])c3)n2)cc1. The summed E-state index contributed by atoms with van der Waals surface area (Å²) in [5.41, 5.74) is 2.93. The summed E-state index contributed by atoms with van der Waals surface area (Å²) in [6.45, 7) is 6.48. The molecule has 0 saturated carbocycles. The molecular weight excluding hydrogens is 338 g/mol. The van der Waals surface area contributed by atoms with Gasteiger partial charge in [-0.1, -0.05) is 61.5 Å². The van der Waals surface area contributed by atoms with E-state index < -0.39 is 4.92 Å². The van der Waals surface area contributed by atoms with E-state index in [2.05, 4.69) is 43.0 Å². The molecule has 0 atom stereocenters. The van der Waals surface area contributed by atoms with Crippen LogP contribution in [0.5, 0.6) is 0 Å². The Labute approximate surface area is 149 Å². The number of rotatable bonds is 4. The van der Waals surface area contributed by atoms with Gasteiger partial charge in [-0.15, -0.1) is 0 Å². The Balaban J connectivity index is 1.75. The minimum absolute atomic E-state index is 0.0901. The quantitative estimate of drug-likeness (QED) is 0.476. The van der Waals surface area contributed by atoms with E-state index in [4.69, 9.17) is 4.52 Å². The summed E-state index contributed by atoms with van der Waals surface area (Å²) in [4.78, 5) is 14.6. The first kappa shape index (κ1) is 17.0. The highest BCUT2D eigenvalue weighted by molar-refractivity contribution is 7.13. The lowest BCUT2D eigenvalue weighted by atomic mass is 9.87. The smallest absolute Gasteiger partial charge is 0.324 e. The van der Waals surface area contributed by atoms with Gasteiger partial charge in [0.25, 0.3) is 5.89 Å². The van der Waals surface area contributed by atoms with Crippen molar-refractivity contribution in [3.8, 4) is 11.4 Å². The highest BCUT2D eigenvalue weighted by atomic mass is 32.1. The molecule has 128 valence electrons. The van der Waals surface area contributed by atoms with Crippen LogP contribution in [-0.4, -0.2) is 15.1 Å². The van der Waals surface area contributed by atoms with E-state index in [-0.39, 0.29) is 10.4 Å². The van der Waals surface area contributed by atoms with Gasteiger partial charge in [-0.3, -0.25) is 10.1 Å². The molecule has 0 aliphatic rings. The third kappa shape index (κ3) is 4.00. The van der Waals surface area contributed by atoms with Crippen LogP contribution in [0.1, 0.15) is 37.8 Å². The minimum atomic E-state index is -0.409. The van der Waals surface area contributed by atoms with Gasteiger partial charge in [0.1, 0.15) is 0 Å². The number of thiophene rings is 1. The second-order valence-electron chi connectivity index (χ2n) is 6.59. The number of benzene rings is 1. The predicted octanol–water partition coefficient (Wildman–Crippen LogP) is 5.17. The molecule has 0 radical (unpaired) electrons. The first-order valence-electron chi connectivity index (χ1n) is 7.68. The maximum Gasteiger partial charge on any atom is 0.324 e. The number of hydrogen-bond donors (Lipinski definition) is 0. The lowest BCUT2D eigenvalue weighted by molar-refractivity contribution is -0.380. The summed E-state index contributed by atoms with van der Waals surface area (Å²) in [6.07, 6.45) is 3.36. The Morgan fingerprint density at radius 2 is 1.92 bits per heavy atom. The van der Waals surface area contributed by atoms with Crippen molar-refractivity contribution in [2.24, 2.45) is 0 Å². The van der Waals surface area contributed by atoms with Crippen LogP contribution < -0.4 is 0 Å². The van der Waals surface area contributed by atoms with Crippen molar-refractivity contribution in [1.82, 2.24) is 10.1 Å². The number of hydrogen-bond acceptors (Lipinski definition) is 6. The maximum absolute atomic E-state index is 10.7.